The average molecular weight is 529 g/mol. The average Bonchev–Trinajstić information content (AvgIpc) is 3.34. The van der Waals surface area contributed by atoms with Crippen molar-refractivity contribution in [2.24, 2.45) is 0 Å². The van der Waals surface area contributed by atoms with E-state index in [4.69, 9.17) is 9.40 Å². The van der Waals surface area contributed by atoms with E-state index in [-0.39, 0.29) is 5.56 Å². The number of benzene rings is 4. The van der Waals surface area contributed by atoms with Gasteiger partial charge in [0.25, 0.3) is 5.56 Å². The zero-order valence-electron chi connectivity index (χ0n) is 25.7. The van der Waals surface area contributed by atoms with E-state index in [1.807, 2.05) is 4.40 Å². The van der Waals surface area contributed by atoms with Crippen molar-refractivity contribution < 1.29 is 4.42 Å². The molecule has 7 aromatic rings. The molecule has 7 rings (SSSR count). The van der Waals surface area contributed by atoms with E-state index < -0.39 is 0 Å². The molecule has 0 fully saturated rings. The van der Waals surface area contributed by atoms with E-state index in [9.17, 15) is 4.79 Å². The summed E-state index contributed by atoms with van der Waals surface area (Å²) in [5, 5.41) is 6.26. The standard InChI is InChI=1S/C36H36N2O2/c1-13-16(4)23(11)33-26(17(13)5)25-18(6)19(7)27-29-28(20(8)24(12)34(40-33)30(25)29)36(39)38-32-22(10)15(3)14(2)21(9)31(32)37-35(27)38/h1-12H3. The van der Waals surface area contributed by atoms with E-state index in [0.717, 1.165) is 71.6 Å². The Labute approximate surface area is 234 Å². The van der Waals surface area contributed by atoms with Crippen molar-refractivity contribution in [1.29, 1.82) is 0 Å². The molecular weight excluding hydrogens is 492 g/mol. The third-order valence-corrected chi connectivity index (χ3v) is 10.8. The highest BCUT2D eigenvalue weighted by molar-refractivity contribution is 6.32. The predicted octanol–water partition coefficient (Wildman–Crippen LogP) is 9.19. The van der Waals surface area contributed by atoms with Gasteiger partial charge in [-0.25, -0.2) is 4.98 Å². The molecule has 4 aromatic carbocycles. The first-order chi connectivity index (χ1) is 18.8. The lowest BCUT2D eigenvalue weighted by Crippen LogP contribution is -2.16. The van der Waals surface area contributed by atoms with Crippen LogP contribution in [0.15, 0.2) is 9.21 Å². The first-order valence-corrected chi connectivity index (χ1v) is 14.2. The highest BCUT2D eigenvalue weighted by Crippen LogP contribution is 2.47. The summed E-state index contributed by atoms with van der Waals surface area (Å²) in [5.41, 5.74) is 18.6. The van der Waals surface area contributed by atoms with Gasteiger partial charge in [0.15, 0.2) is 0 Å². The minimum atomic E-state index is 0.0101. The summed E-state index contributed by atoms with van der Waals surface area (Å²) in [7, 11) is 0. The van der Waals surface area contributed by atoms with E-state index >= 15 is 0 Å². The number of hydrogen-bond donors (Lipinski definition) is 0. The number of nitrogens with zero attached hydrogens (tertiary/aromatic N) is 2. The lowest BCUT2D eigenvalue weighted by atomic mass is 9.84. The first-order valence-electron chi connectivity index (χ1n) is 14.2. The molecule has 0 amide bonds. The second kappa shape index (κ2) is 7.63. The van der Waals surface area contributed by atoms with E-state index in [1.165, 1.54) is 55.3 Å². The summed E-state index contributed by atoms with van der Waals surface area (Å²) in [6.45, 7) is 25.9. The third-order valence-electron chi connectivity index (χ3n) is 10.8. The Kier molecular flexibility index (Phi) is 4.78. The van der Waals surface area contributed by atoms with Crippen LogP contribution in [0.1, 0.15) is 66.8 Å². The van der Waals surface area contributed by atoms with Gasteiger partial charge >= 0.3 is 0 Å². The van der Waals surface area contributed by atoms with Crippen molar-refractivity contribution in [2.45, 2.75) is 83.1 Å². The van der Waals surface area contributed by atoms with Gasteiger partial charge in [0.1, 0.15) is 16.8 Å². The minimum absolute atomic E-state index is 0.0101. The smallest absolute Gasteiger partial charge is 0.265 e. The van der Waals surface area contributed by atoms with Crippen LogP contribution in [0.2, 0.25) is 0 Å². The molecule has 4 nitrogen and oxygen atoms in total. The van der Waals surface area contributed by atoms with Crippen LogP contribution in [0.5, 0.6) is 0 Å². The monoisotopic (exact) mass is 528 g/mol. The number of aryl methyl sites for hydroxylation is 8. The Morgan fingerprint density at radius 3 is 1.60 bits per heavy atom. The van der Waals surface area contributed by atoms with Crippen LogP contribution in [0.25, 0.3) is 60.2 Å². The molecule has 3 aromatic heterocycles. The second-order valence-corrected chi connectivity index (χ2v) is 12.3. The number of aromatic nitrogens is 2. The maximum absolute atomic E-state index is 14.7. The maximum Gasteiger partial charge on any atom is 0.265 e. The van der Waals surface area contributed by atoms with Crippen molar-refractivity contribution in [3.63, 3.8) is 0 Å². The molecular formula is C36H36N2O2. The quantitative estimate of drug-likeness (QED) is 0.146. The molecule has 0 aliphatic rings. The highest BCUT2D eigenvalue weighted by atomic mass is 16.3. The fourth-order valence-electron chi connectivity index (χ4n) is 7.43. The van der Waals surface area contributed by atoms with Crippen LogP contribution in [0, 0.1) is 83.1 Å². The van der Waals surface area contributed by atoms with Gasteiger partial charge in [0.2, 0.25) is 0 Å². The van der Waals surface area contributed by atoms with Gasteiger partial charge in [-0.15, -0.1) is 0 Å². The summed E-state index contributed by atoms with van der Waals surface area (Å²) in [6.07, 6.45) is 0. The molecule has 0 aliphatic carbocycles. The number of rotatable bonds is 0. The summed E-state index contributed by atoms with van der Waals surface area (Å²) in [4.78, 5) is 19.9. The van der Waals surface area contributed by atoms with Crippen molar-refractivity contribution in [3.05, 3.63) is 77.1 Å². The molecule has 0 spiro atoms. The topological polar surface area (TPSA) is 47.5 Å². The van der Waals surface area contributed by atoms with Gasteiger partial charge in [0.05, 0.1) is 16.4 Å². The van der Waals surface area contributed by atoms with Crippen LogP contribution < -0.4 is 5.56 Å². The molecule has 40 heavy (non-hydrogen) atoms. The van der Waals surface area contributed by atoms with Crippen LogP contribution in [0.3, 0.4) is 0 Å². The Hall–Kier alpha value is -3.92. The number of fused-ring (bicyclic) bond motifs is 6. The SMILES string of the molecule is Cc1c(C)c(C)c2c(nc3c4c(C)c(C)c5c6c(C)c(C)c(C)c(C)c6oc6c(C)c(C)c(c(=O)n32)c4c65)c1C. The fourth-order valence-corrected chi connectivity index (χ4v) is 7.43. The highest BCUT2D eigenvalue weighted by Gasteiger charge is 2.29. The second-order valence-electron chi connectivity index (χ2n) is 12.3. The van der Waals surface area contributed by atoms with Gasteiger partial charge in [-0.1, -0.05) is 0 Å². The molecule has 3 heterocycles. The van der Waals surface area contributed by atoms with Gasteiger partial charge in [0, 0.05) is 26.9 Å². The van der Waals surface area contributed by atoms with Crippen LogP contribution in [-0.2, 0) is 0 Å². The molecule has 0 atom stereocenters. The maximum atomic E-state index is 14.7. The molecule has 4 heteroatoms. The zero-order valence-corrected chi connectivity index (χ0v) is 25.7. The Bertz CT molecular complexity index is 2400. The first kappa shape index (κ1) is 25.1. The molecule has 0 unspecified atom stereocenters. The molecule has 0 N–H and O–H groups in total. The summed E-state index contributed by atoms with van der Waals surface area (Å²) in [6, 6.07) is 0. The largest absolute Gasteiger partial charge is 0.455 e. The van der Waals surface area contributed by atoms with E-state index in [2.05, 4.69) is 83.1 Å². The van der Waals surface area contributed by atoms with Gasteiger partial charge in [-0.05, 0) is 150 Å². The normalized spacial score (nSPS) is 12.6. The molecule has 0 aliphatic heterocycles. The van der Waals surface area contributed by atoms with Gasteiger partial charge in [-0.3, -0.25) is 9.20 Å². The Morgan fingerprint density at radius 2 is 0.925 bits per heavy atom. The summed E-state index contributed by atoms with van der Waals surface area (Å²) >= 11 is 0. The summed E-state index contributed by atoms with van der Waals surface area (Å²) < 4.78 is 8.80. The van der Waals surface area contributed by atoms with Gasteiger partial charge < -0.3 is 4.42 Å². The number of imidazole rings is 1. The fraction of sp³-hybridized carbons (Fsp3) is 0.333. The zero-order chi connectivity index (χ0) is 28.8. The van der Waals surface area contributed by atoms with Crippen molar-refractivity contribution in [3.8, 4) is 0 Å². The third kappa shape index (κ3) is 2.59. The lowest BCUT2D eigenvalue weighted by molar-refractivity contribution is 0.654. The van der Waals surface area contributed by atoms with Crippen molar-refractivity contribution >= 4 is 60.2 Å². The molecule has 202 valence electrons. The van der Waals surface area contributed by atoms with Crippen LogP contribution in [0.4, 0.5) is 0 Å². The van der Waals surface area contributed by atoms with E-state index in [0.29, 0.717) is 0 Å². The Balaban J connectivity index is 1.93. The minimum Gasteiger partial charge on any atom is -0.455 e. The molecule has 0 radical (unpaired) electrons. The van der Waals surface area contributed by atoms with Crippen molar-refractivity contribution in [2.75, 3.05) is 0 Å². The van der Waals surface area contributed by atoms with E-state index in [1.54, 1.807) is 0 Å². The Morgan fingerprint density at radius 1 is 0.450 bits per heavy atom. The van der Waals surface area contributed by atoms with Gasteiger partial charge in [-0.2, -0.15) is 0 Å². The summed E-state index contributed by atoms with van der Waals surface area (Å²) in [5.74, 6) is 0. The number of hydrogen-bond acceptors (Lipinski definition) is 3. The predicted molar refractivity (Wildman–Crippen MR) is 169 cm³/mol. The molecule has 0 saturated heterocycles. The molecule has 0 saturated carbocycles. The van der Waals surface area contributed by atoms with Crippen molar-refractivity contribution in [1.82, 2.24) is 9.38 Å². The molecule has 0 bridgehead atoms. The van der Waals surface area contributed by atoms with Crippen LogP contribution in [-0.4, -0.2) is 9.38 Å². The van der Waals surface area contributed by atoms with Crippen LogP contribution >= 0.6 is 0 Å². The lowest BCUT2D eigenvalue weighted by Gasteiger charge is -2.23. The number of pyridine rings is 1.